The molecular formula is C15H9ClF2N2O. The molecule has 0 saturated heterocycles. The summed E-state index contributed by atoms with van der Waals surface area (Å²) in [4.78, 5) is 0. The molecule has 0 aliphatic rings. The van der Waals surface area contributed by atoms with E-state index in [1.807, 2.05) is 0 Å². The summed E-state index contributed by atoms with van der Waals surface area (Å²) in [5, 5.41) is 7.07. The lowest BCUT2D eigenvalue weighted by molar-refractivity contribution is 0.484. The molecule has 0 amide bonds. The van der Waals surface area contributed by atoms with E-state index in [-0.39, 0.29) is 5.56 Å². The van der Waals surface area contributed by atoms with Crippen molar-refractivity contribution in [3.8, 4) is 22.8 Å². The lowest BCUT2D eigenvalue weighted by Crippen LogP contribution is -1.90. The SMILES string of the molecule is Fc1ccc(-c2[nH]ncc2Oc2ccc(Cl)cc2)c(F)c1. The number of ether oxygens (including phenoxy) is 1. The first-order valence-electron chi connectivity index (χ1n) is 6.06. The van der Waals surface area contributed by atoms with Crippen molar-refractivity contribution < 1.29 is 13.5 Å². The molecule has 0 atom stereocenters. The van der Waals surface area contributed by atoms with Gasteiger partial charge in [0.25, 0.3) is 0 Å². The van der Waals surface area contributed by atoms with Crippen molar-refractivity contribution in [2.24, 2.45) is 0 Å². The smallest absolute Gasteiger partial charge is 0.173 e. The fraction of sp³-hybridized carbons (Fsp3) is 0. The van der Waals surface area contributed by atoms with Gasteiger partial charge in [0.2, 0.25) is 0 Å². The number of aromatic nitrogens is 2. The van der Waals surface area contributed by atoms with Gasteiger partial charge in [-0.3, -0.25) is 5.10 Å². The molecule has 3 nitrogen and oxygen atoms in total. The summed E-state index contributed by atoms with van der Waals surface area (Å²) in [6.45, 7) is 0. The minimum Gasteiger partial charge on any atom is -0.453 e. The highest BCUT2D eigenvalue weighted by molar-refractivity contribution is 6.30. The lowest BCUT2D eigenvalue weighted by atomic mass is 10.1. The summed E-state index contributed by atoms with van der Waals surface area (Å²) < 4.78 is 32.4. The first-order valence-corrected chi connectivity index (χ1v) is 6.43. The molecular weight excluding hydrogens is 298 g/mol. The molecule has 0 aliphatic heterocycles. The van der Waals surface area contributed by atoms with Gasteiger partial charge in [-0.15, -0.1) is 0 Å². The number of hydrogen-bond acceptors (Lipinski definition) is 2. The van der Waals surface area contributed by atoms with E-state index < -0.39 is 11.6 Å². The number of nitrogens with one attached hydrogen (secondary N) is 1. The van der Waals surface area contributed by atoms with E-state index >= 15 is 0 Å². The minimum absolute atomic E-state index is 0.179. The normalized spacial score (nSPS) is 10.6. The van der Waals surface area contributed by atoms with Crippen LogP contribution in [0.4, 0.5) is 8.78 Å². The second-order valence-corrected chi connectivity index (χ2v) is 4.73. The quantitative estimate of drug-likeness (QED) is 0.754. The van der Waals surface area contributed by atoms with Gasteiger partial charge in [0.15, 0.2) is 5.75 Å². The molecule has 1 heterocycles. The van der Waals surface area contributed by atoms with Crippen LogP contribution in [0.3, 0.4) is 0 Å². The molecule has 0 spiro atoms. The minimum atomic E-state index is -0.694. The Bertz CT molecular complexity index is 772. The van der Waals surface area contributed by atoms with E-state index in [0.29, 0.717) is 22.2 Å². The Morgan fingerprint density at radius 2 is 1.81 bits per heavy atom. The van der Waals surface area contributed by atoms with Crippen molar-refractivity contribution in [2.45, 2.75) is 0 Å². The van der Waals surface area contributed by atoms with Gasteiger partial charge in [0, 0.05) is 16.7 Å². The van der Waals surface area contributed by atoms with Crippen LogP contribution in [0.5, 0.6) is 11.5 Å². The number of hydrogen-bond donors (Lipinski definition) is 1. The Morgan fingerprint density at radius 3 is 2.52 bits per heavy atom. The number of nitrogens with zero attached hydrogens (tertiary/aromatic N) is 1. The maximum atomic E-state index is 13.8. The third-order valence-corrected chi connectivity index (χ3v) is 3.10. The first kappa shape index (κ1) is 13.6. The average molecular weight is 307 g/mol. The highest BCUT2D eigenvalue weighted by Gasteiger charge is 2.14. The van der Waals surface area contributed by atoms with Crippen molar-refractivity contribution in [3.63, 3.8) is 0 Å². The van der Waals surface area contributed by atoms with Crippen LogP contribution in [0, 0.1) is 11.6 Å². The molecule has 0 radical (unpaired) electrons. The third kappa shape index (κ3) is 2.87. The van der Waals surface area contributed by atoms with Gasteiger partial charge in [-0.1, -0.05) is 11.6 Å². The van der Waals surface area contributed by atoms with Gasteiger partial charge >= 0.3 is 0 Å². The summed E-state index contributed by atoms with van der Waals surface area (Å²) in [6, 6.07) is 10.0. The monoisotopic (exact) mass is 306 g/mol. The zero-order valence-electron chi connectivity index (χ0n) is 10.6. The van der Waals surface area contributed by atoms with Gasteiger partial charge in [0.1, 0.15) is 23.1 Å². The zero-order chi connectivity index (χ0) is 14.8. The molecule has 3 rings (SSSR count). The molecule has 1 N–H and O–H groups in total. The fourth-order valence-corrected chi connectivity index (χ4v) is 1.99. The Kier molecular flexibility index (Phi) is 3.58. The molecule has 21 heavy (non-hydrogen) atoms. The Balaban J connectivity index is 1.95. The van der Waals surface area contributed by atoms with E-state index in [1.54, 1.807) is 24.3 Å². The molecule has 6 heteroatoms. The topological polar surface area (TPSA) is 37.9 Å². The average Bonchev–Trinajstić information content (AvgIpc) is 2.89. The summed E-state index contributed by atoms with van der Waals surface area (Å²) in [6.07, 6.45) is 1.42. The van der Waals surface area contributed by atoms with Gasteiger partial charge in [0.05, 0.1) is 6.20 Å². The maximum absolute atomic E-state index is 13.8. The molecule has 0 unspecified atom stereocenters. The number of benzene rings is 2. The predicted octanol–water partition coefficient (Wildman–Crippen LogP) is 4.80. The Hall–Kier alpha value is -2.40. The maximum Gasteiger partial charge on any atom is 0.173 e. The number of halogens is 3. The van der Waals surface area contributed by atoms with Crippen LogP contribution in [0.15, 0.2) is 48.7 Å². The van der Waals surface area contributed by atoms with Crippen molar-refractivity contribution in [2.75, 3.05) is 0 Å². The van der Waals surface area contributed by atoms with E-state index in [9.17, 15) is 8.78 Å². The fourth-order valence-electron chi connectivity index (χ4n) is 1.87. The predicted molar refractivity (Wildman–Crippen MR) is 75.5 cm³/mol. The van der Waals surface area contributed by atoms with Gasteiger partial charge < -0.3 is 4.74 Å². The molecule has 0 bridgehead atoms. The van der Waals surface area contributed by atoms with Crippen LogP contribution < -0.4 is 4.74 Å². The highest BCUT2D eigenvalue weighted by Crippen LogP contribution is 2.33. The van der Waals surface area contributed by atoms with E-state index in [4.69, 9.17) is 16.3 Å². The van der Waals surface area contributed by atoms with Gasteiger partial charge in [-0.25, -0.2) is 8.78 Å². The van der Waals surface area contributed by atoms with Crippen molar-refractivity contribution in [3.05, 3.63) is 65.3 Å². The number of rotatable bonds is 3. The standard InChI is InChI=1S/C15H9ClF2N2O/c16-9-1-4-11(5-2-9)21-14-8-19-20-15(14)12-6-3-10(17)7-13(12)18/h1-8H,(H,19,20). The molecule has 0 saturated carbocycles. The summed E-state index contributed by atoms with van der Waals surface area (Å²) >= 11 is 5.80. The van der Waals surface area contributed by atoms with Crippen LogP contribution >= 0.6 is 11.6 Å². The van der Waals surface area contributed by atoms with Crippen LogP contribution in [0.2, 0.25) is 5.02 Å². The summed E-state index contributed by atoms with van der Waals surface area (Å²) in [5.41, 5.74) is 0.514. The van der Waals surface area contributed by atoms with Crippen molar-refractivity contribution in [1.29, 1.82) is 0 Å². The van der Waals surface area contributed by atoms with Crippen LogP contribution in [0.25, 0.3) is 11.3 Å². The molecule has 3 aromatic rings. The van der Waals surface area contributed by atoms with E-state index in [1.165, 1.54) is 18.3 Å². The second-order valence-electron chi connectivity index (χ2n) is 4.29. The van der Waals surface area contributed by atoms with Gasteiger partial charge in [-0.05, 0) is 36.4 Å². The van der Waals surface area contributed by atoms with E-state index in [0.717, 1.165) is 6.07 Å². The summed E-state index contributed by atoms with van der Waals surface area (Å²) in [5.74, 6) is -0.469. The molecule has 106 valence electrons. The van der Waals surface area contributed by atoms with Crippen molar-refractivity contribution in [1.82, 2.24) is 10.2 Å². The second kappa shape index (κ2) is 5.54. The molecule has 0 fully saturated rings. The first-order chi connectivity index (χ1) is 10.1. The largest absolute Gasteiger partial charge is 0.453 e. The number of H-pyrrole nitrogens is 1. The Labute approximate surface area is 124 Å². The molecule has 2 aromatic carbocycles. The number of aromatic amines is 1. The van der Waals surface area contributed by atoms with Gasteiger partial charge in [-0.2, -0.15) is 5.10 Å². The van der Waals surface area contributed by atoms with E-state index in [2.05, 4.69) is 10.2 Å². The van der Waals surface area contributed by atoms with Crippen LogP contribution in [0.1, 0.15) is 0 Å². The van der Waals surface area contributed by atoms with Crippen LogP contribution in [-0.4, -0.2) is 10.2 Å². The summed E-state index contributed by atoms with van der Waals surface area (Å²) in [7, 11) is 0. The zero-order valence-corrected chi connectivity index (χ0v) is 11.4. The van der Waals surface area contributed by atoms with Crippen LogP contribution in [-0.2, 0) is 0 Å². The third-order valence-electron chi connectivity index (χ3n) is 2.85. The molecule has 1 aromatic heterocycles. The molecule has 0 aliphatic carbocycles. The Morgan fingerprint density at radius 1 is 1.05 bits per heavy atom. The van der Waals surface area contributed by atoms with Crippen molar-refractivity contribution >= 4 is 11.6 Å². The lowest BCUT2D eigenvalue weighted by Gasteiger charge is -2.07. The highest BCUT2D eigenvalue weighted by atomic mass is 35.5.